The van der Waals surface area contributed by atoms with Gasteiger partial charge in [0.2, 0.25) is 5.88 Å². The number of hydrogen-bond acceptors (Lipinski definition) is 6. The topological polar surface area (TPSA) is 90.0 Å². The molecule has 1 amide bonds. The van der Waals surface area contributed by atoms with Gasteiger partial charge in [0.25, 0.3) is 5.91 Å². The number of likely N-dealkylation sites (N-methyl/N-ethyl adjacent to an activating group) is 1. The first-order chi connectivity index (χ1) is 12.3. The van der Waals surface area contributed by atoms with E-state index in [-0.39, 0.29) is 47.6 Å². The number of thiophene rings is 1. The highest BCUT2D eigenvalue weighted by atomic mass is 32.1. The van der Waals surface area contributed by atoms with E-state index < -0.39 is 5.97 Å². The molecule has 0 aromatic carbocycles. The summed E-state index contributed by atoms with van der Waals surface area (Å²) in [4.78, 5) is 38.6. The molecule has 0 saturated heterocycles. The minimum absolute atomic E-state index is 0.0268. The summed E-state index contributed by atoms with van der Waals surface area (Å²) < 4.78 is 10.5. The zero-order valence-electron chi connectivity index (χ0n) is 15.3. The van der Waals surface area contributed by atoms with Crippen molar-refractivity contribution in [1.29, 1.82) is 0 Å². The zero-order valence-corrected chi connectivity index (χ0v) is 16.1. The molecule has 1 atom stereocenters. The molecule has 8 heteroatoms. The molecule has 1 unspecified atom stereocenters. The predicted octanol–water partition coefficient (Wildman–Crippen LogP) is 1.68. The van der Waals surface area contributed by atoms with Crippen LogP contribution in [-0.4, -0.2) is 37.9 Å². The molecular weight excluding hydrogens is 356 g/mol. The third-order valence-corrected chi connectivity index (χ3v) is 4.56. The molecule has 0 spiro atoms. The number of Topliss-reactive ketones (excluding diaryl/α,β-unsaturated/α-hetero) is 1. The van der Waals surface area contributed by atoms with Gasteiger partial charge >= 0.3 is 5.97 Å². The quantitative estimate of drug-likeness (QED) is 0.538. The molecule has 0 aliphatic carbocycles. The number of aryl methyl sites for hydroxylation is 1. The molecule has 0 aliphatic rings. The van der Waals surface area contributed by atoms with Crippen molar-refractivity contribution < 1.29 is 28.4 Å². The van der Waals surface area contributed by atoms with Crippen LogP contribution in [0.1, 0.15) is 45.2 Å². The number of furan rings is 1. The number of anilines is 1. The van der Waals surface area contributed by atoms with Gasteiger partial charge in [-0.1, -0.05) is 6.07 Å². The number of esters is 1. The first-order valence-corrected chi connectivity index (χ1v) is 9.16. The van der Waals surface area contributed by atoms with Crippen molar-refractivity contribution >= 4 is 34.9 Å². The lowest BCUT2D eigenvalue weighted by molar-refractivity contribution is -0.884. The van der Waals surface area contributed by atoms with E-state index in [2.05, 4.69) is 5.32 Å². The van der Waals surface area contributed by atoms with Crippen LogP contribution in [-0.2, 0) is 16.1 Å². The van der Waals surface area contributed by atoms with Crippen molar-refractivity contribution in [3.8, 4) is 0 Å². The molecule has 2 N–H and O–H groups in total. The number of ketones is 1. The number of carbonyl (C=O) groups is 3. The highest BCUT2D eigenvalue weighted by Crippen LogP contribution is 2.28. The Hall–Kier alpha value is -2.45. The molecule has 0 aliphatic heterocycles. The Bertz CT molecular complexity index is 795. The maximum absolute atomic E-state index is 12.3. The average Bonchev–Trinajstić information content (AvgIpc) is 3.14. The second-order valence-corrected chi connectivity index (χ2v) is 6.98. The van der Waals surface area contributed by atoms with E-state index in [0.717, 1.165) is 4.90 Å². The summed E-state index contributed by atoms with van der Waals surface area (Å²) in [5.74, 6) is -1.09. The van der Waals surface area contributed by atoms with Crippen molar-refractivity contribution in [1.82, 2.24) is 0 Å². The highest BCUT2D eigenvalue weighted by molar-refractivity contribution is 7.09. The second kappa shape index (κ2) is 8.77. The molecule has 0 fully saturated rings. The van der Waals surface area contributed by atoms with E-state index in [0.29, 0.717) is 6.54 Å². The monoisotopic (exact) mass is 379 g/mol. The third-order valence-electron chi connectivity index (χ3n) is 3.69. The van der Waals surface area contributed by atoms with Crippen molar-refractivity contribution in [2.75, 3.05) is 25.5 Å². The van der Waals surface area contributed by atoms with Crippen LogP contribution in [0.5, 0.6) is 0 Å². The fourth-order valence-corrected chi connectivity index (χ4v) is 3.49. The van der Waals surface area contributed by atoms with E-state index in [1.165, 1.54) is 11.8 Å². The fourth-order valence-electron chi connectivity index (χ4n) is 2.67. The van der Waals surface area contributed by atoms with Crippen LogP contribution in [0, 0.1) is 6.92 Å². The van der Waals surface area contributed by atoms with E-state index in [1.807, 2.05) is 24.6 Å². The summed E-state index contributed by atoms with van der Waals surface area (Å²) in [7, 11) is 1.90. The Kier molecular flexibility index (Phi) is 6.70. The molecule has 0 radical (unpaired) electrons. The van der Waals surface area contributed by atoms with Gasteiger partial charge in [-0.15, -0.1) is 11.3 Å². The van der Waals surface area contributed by atoms with Gasteiger partial charge in [-0.3, -0.25) is 14.9 Å². The largest absolute Gasteiger partial charge is 0.462 e. The molecule has 2 aromatic heterocycles. The summed E-state index contributed by atoms with van der Waals surface area (Å²) in [5, 5.41) is 4.59. The van der Waals surface area contributed by atoms with E-state index in [1.54, 1.807) is 25.2 Å². The van der Waals surface area contributed by atoms with Crippen LogP contribution in [0.25, 0.3) is 0 Å². The maximum atomic E-state index is 12.3. The van der Waals surface area contributed by atoms with Crippen molar-refractivity contribution in [2.24, 2.45) is 0 Å². The van der Waals surface area contributed by atoms with Crippen LogP contribution in [0.3, 0.4) is 0 Å². The van der Waals surface area contributed by atoms with E-state index in [9.17, 15) is 14.4 Å². The molecule has 7 nitrogen and oxygen atoms in total. The summed E-state index contributed by atoms with van der Waals surface area (Å²) in [6.45, 7) is 5.64. The second-order valence-electron chi connectivity index (χ2n) is 5.95. The van der Waals surface area contributed by atoms with Gasteiger partial charge in [-0.2, -0.15) is 0 Å². The Labute approximate surface area is 155 Å². The zero-order chi connectivity index (χ0) is 19.3. The highest BCUT2D eigenvalue weighted by Gasteiger charge is 2.29. The summed E-state index contributed by atoms with van der Waals surface area (Å²) in [5.41, 5.74) is 0.110. The summed E-state index contributed by atoms with van der Waals surface area (Å²) in [6, 6.07) is 3.98. The summed E-state index contributed by atoms with van der Waals surface area (Å²) >= 11 is 1.63. The number of rotatable bonds is 8. The average molecular weight is 379 g/mol. The van der Waals surface area contributed by atoms with E-state index in [4.69, 9.17) is 9.15 Å². The normalized spacial score (nSPS) is 11.8. The molecule has 140 valence electrons. The number of hydrogen-bond donors (Lipinski definition) is 2. The van der Waals surface area contributed by atoms with Gasteiger partial charge in [0.15, 0.2) is 12.3 Å². The SMILES string of the molecule is CCOC(=O)c1c(NC(=O)C[NH+](C)Cc2cccs2)oc(C)c1C(C)=O. The standard InChI is InChI=1S/C18H22N2O5S/c1-5-24-18(23)16-15(11(2)21)12(3)25-17(16)19-14(22)10-20(4)9-13-7-6-8-26-13/h6-8H,5,9-10H2,1-4H3,(H,19,22)/p+1. The Morgan fingerprint density at radius 1 is 1.31 bits per heavy atom. The van der Waals surface area contributed by atoms with Crippen LogP contribution in [0.4, 0.5) is 5.88 Å². The van der Waals surface area contributed by atoms with Gasteiger partial charge in [-0.05, 0) is 32.2 Å². The predicted molar refractivity (Wildman–Crippen MR) is 97.8 cm³/mol. The molecule has 0 bridgehead atoms. The van der Waals surface area contributed by atoms with E-state index >= 15 is 0 Å². The lowest BCUT2D eigenvalue weighted by Gasteiger charge is -2.12. The Morgan fingerprint density at radius 2 is 2.04 bits per heavy atom. The van der Waals surface area contributed by atoms with Crippen LogP contribution in [0.15, 0.2) is 21.9 Å². The fraction of sp³-hybridized carbons (Fsp3) is 0.389. The van der Waals surface area contributed by atoms with Crippen molar-refractivity contribution in [3.63, 3.8) is 0 Å². The number of nitrogens with one attached hydrogen (secondary N) is 2. The van der Waals surface area contributed by atoms with Gasteiger partial charge in [0.1, 0.15) is 17.9 Å². The molecule has 26 heavy (non-hydrogen) atoms. The number of ether oxygens (including phenoxy) is 1. The van der Waals surface area contributed by atoms with Crippen LogP contribution < -0.4 is 10.2 Å². The number of amides is 1. The van der Waals surface area contributed by atoms with Gasteiger partial charge in [0.05, 0.1) is 24.1 Å². The molecule has 2 rings (SSSR count). The molecule has 2 aromatic rings. The van der Waals surface area contributed by atoms with Crippen LogP contribution in [0.2, 0.25) is 0 Å². The summed E-state index contributed by atoms with van der Waals surface area (Å²) in [6.07, 6.45) is 0. The van der Waals surface area contributed by atoms with Gasteiger partial charge in [0, 0.05) is 0 Å². The van der Waals surface area contributed by atoms with Gasteiger partial charge in [-0.25, -0.2) is 4.79 Å². The Balaban J connectivity index is 2.14. The smallest absolute Gasteiger partial charge is 0.344 e. The van der Waals surface area contributed by atoms with Gasteiger partial charge < -0.3 is 14.1 Å². The first-order valence-electron chi connectivity index (χ1n) is 8.28. The minimum Gasteiger partial charge on any atom is -0.462 e. The molecule has 0 saturated carbocycles. The van der Waals surface area contributed by atoms with Crippen LogP contribution >= 0.6 is 11.3 Å². The molecule has 2 heterocycles. The minimum atomic E-state index is -0.691. The van der Waals surface area contributed by atoms with Crippen molar-refractivity contribution in [2.45, 2.75) is 27.3 Å². The lowest BCUT2D eigenvalue weighted by Crippen LogP contribution is -3.08. The molecular formula is C18H23N2O5S+. The number of quaternary nitrogens is 1. The maximum Gasteiger partial charge on any atom is 0.344 e. The first kappa shape index (κ1) is 19.9. The van der Waals surface area contributed by atoms with Crippen molar-refractivity contribution in [3.05, 3.63) is 39.3 Å². The number of carbonyl (C=O) groups excluding carboxylic acids is 3. The third kappa shape index (κ3) is 4.80. The lowest BCUT2D eigenvalue weighted by atomic mass is 10.1. The Morgan fingerprint density at radius 3 is 2.62 bits per heavy atom.